The lowest BCUT2D eigenvalue weighted by Gasteiger charge is -2.35. The fourth-order valence-electron chi connectivity index (χ4n) is 5.87. The number of hydrogen-bond acceptors (Lipinski definition) is 6. The molecular weight excluding hydrogens is 440 g/mol. The van der Waals surface area contributed by atoms with Crippen LogP contribution in [0.2, 0.25) is 0 Å². The Morgan fingerprint density at radius 1 is 1.09 bits per heavy atom. The van der Waals surface area contributed by atoms with Gasteiger partial charge in [-0.1, -0.05) is 13.3 Å². The van der Waals surface area contributed by atoms with Crippen LogP contribution in [-0.2, 0) is 13.0 Å². The van der Waals surface area contributed by atoms with Crippen LogP contribution in [0, 0.1) is 5.92 Å². The standard InChI is InChI=1S/C27H42N6S/c1-5-6-7-23-30-24-25(33(23)17-19-8-14-32(15-9-19)18(2)3)26-21(29-27(24)28)16-22(34-26)20-10-12-31(4)13-11-20/h16,18-20H,5-15,17H2,1-4H3,(H2,28,29). The Morgan fingerprint density at radius 2 is 1.82 bits per heavy atom. The second-order valence-corrected chi connectivity index (χ2v) is 12.0. The molecule has 0 aliphatic carbocycles. The van der Waals surface area contributed by atoms with Gasteiger partial charge in [0.15, 0.2) is 5.82 Å². The highest BCUT2D eigenvalue weighted by atomic mass is 32.1. The van der Waals surface area contributed by atoms with Gasteiger partial charge in [-0.3, -0.25) is 0 Å². The molecule has 2 saturated heterocycles. The number of piperidine rings is 2. The molecule has 2 aliphatic rings. The molecule has 3 aromatic heterocycles. The predicted molar refractivity (Wildman–Crippen MR) is 145 cm³/mol. The van der Waals surface area contributed by atoms with E-state index in [0.29, 0.717) is 23.7 Å². The molecule has 6 nitrogen and oxygen atoms in total. The van der Waals surface area contributed by atoms with Gasteiger partial charge in [-0.2, -0.15) is 0 Å². The summed E-state index contributed by atoms with van der Waals surface area (Å²) in [5.41, 5.74) is 9.78. The first-order valence-electron chi connectivity index (χ1n) is 13.4. The zero-order valence-electron chi connectivity index (χ0n) is 21.5. The largest absolute Gasteiger partial charge is 0.382 e. The fraction of sp³-hybridized carbons (Fsp3) is 0.704. The number of aryl methyl sites for hydroxylation is 1. The van der Waals surface area contributed by atoms with Gasteiger partial charge in [0.25, 0.3) is 0 Å². The summed E-state index contributed by atoms with van der Waals surface area (Å²) in [5, 5.41) is 0. The van der Waals surface area contributed by atoms with Crippen molar-refractivity contribution in [2.45, 2.75) is 84.2 Å². The van der Waals surface area contributed by atoms with Gasteiger partial charge in [0.2, 0.25) is 0 Å². The summed E-state index contributed by atoms with van der Waals surface area (Å²) in [5.74, 6) is 3.15. The van der Waals surface area contributed by atoms with Crippen LogP contribution >= 0.6 is 11.3 Å². The summed E-state index contributed by atoms with van der Waals surface area (Å²) in [6.45, 7) is 12.7. The Morgan fingerprint density at radius 3 is 2.50 bits per heavy atom. The summed E-state index contributed by atoms with van der Waals surface area (Å²) < 4.78 is 3.85. The van der Waals surface area contributed by atoms with Crippen molar-refractivity contribution in [3.05, 3.63) is 16.8 Å². The Hall–Kier alpha value is -1.70. The van der Waals surface area contributed by atoms with E-state index in [1.807, 2.05) is 11.3 Å². The van der Waals surface area contributed by atoms with E-state index < -0.39 is 0 Å². The molecule has 0 unspecified atom stereocenters. The highest BCUT2D eigenvalue weighted by molar-refractivity contribution is 7.20. The molecule has 0 spiro atoms. The molecule has 186 valence electrons. The molecule has 0 bridgehead atoms. The van der Waals surface area contributed by atoms with Gasteiger partial charge in [0.05, 0.1) is 15.7 Å². The molecule has 0 saturated carbocycles. The third-order valence-corrected chi connectivity index (χ3v) is 9.47. The van der Waals surface area contributed by atoms with Crippen LogP contribution < -0.4 is 5.73 Å². The van der Waals surface area contributed by atoms with E-state index in [-0.39, 0.29) is 0 Å². The van der Waals surface area contributed by atoms with Crippen LogP contribution in [0.25, 0.3) is 21.3 Å². The smallest absolute Gasteiger partial charge is 0.152 e. The average Bonchev–Trinajstić information content (AvgIpc) is 3.40. The lowest BCUT2D eigenvalue weighted by atomic mass is 9.95. The van der Waals surface area contributed by atoms with Gasteiger partial charge in [0.1, 0.15) is 11.3 Å². The quantitative estimate of drug-likeness (QED) is 0.482. The number of imidazole rings is 1. The number of nitrogens with zero attached hydrogens (tertiary/aromatic N) is 5. The summed E-state index contributed by atoms with van der Waals surface area (Å²) in [6, 6.07) is 2.97. The number of nitrogens with two attached hydrogens (primary N) is 1. The first kappa shape index (κ1) is 24.0. The third-order valence-electron chi connectivity index (χ3n) is 8.17. The van der Waals surface area contributed by atoms with Crippen molar-refractivity contribution < 1.29 is 0 Å². The van der Waals surface area contributed by atoms with Gasteiger partial charge in [-0.15, -0.1) is 11.3 Å². The Bertz CT molecular complexity index is 1120. The maximum Gasteiger partial charge on any atom is 0.152 e. The summed E-state index contributed by atoms with van der Waals surface area (Å²) in [7, 11) is 2.23. The van der Waals surface area contributed by atoms with Crippen molar-refractivity contribution in [2.75, 3.05) is 39.0 Å². The lowest BCUT2D eigenvalue weighted by molar-refractivity contribution is 0.142. The van der Waals surface area contributed by atoms with Crippen molar-refractivity contribution >= 4 is 38.4 Å². The molecule has 0 aromatic carbocycles. The zero-order valence-corrected chi connectivity index (χ0v) is 22.3. The van der Waals surface area contributed by atoms with Crippen LogP contribution in [-0.4, -0.2) is 63.6 Å². The second-order valence-electron chi connectivity index (χ2n) is 11.0. The molecule has 5 heterocycles. The highest BCUT2D eigenvalue weighted by Crippen LogP contribution is 2.40. The molecule has 0 radical (unpaired) electrons. The van der Waals surface area contributed by atoms with Gasteiger partial charge >= 0.3 is 0 Å². The molecule has 7 heteroatoms. The number of hydrogen-bond donors (Lipinski definition) is 1. The minimum absolute atomic E-state index is 0.598. The first-order valence-corrected chi connectivity index (χ1v) is 14.3. The number of rotatable bonds is 7. The van der Waals surface area contributed by atoms with Crippen molar-refractivity contribution in [1.29, 1.82) is 0 Å². The normalized spacial score (nSPS) is 19.8. The zero-order chi connectivity index (χ0) is 23.8. The van der Waals surface area contributed by atoms with Crippen LogP contribution in [0.3, 0.4) is 0 Å². The second kappa shape index (κ2) is 10.1. The maximum absolute atomic E-state index is 6.53. The number of anilines is 1. The Balaban J connectivity index is 1.53. The van der Waals surface area contributed by atoms with Gasteiger partial charge in [0, 0.05) is 23.9 Å². The van der Waals surface area contributed by atoms with Crippen LogP contribution in [0.1, 0.15) is 75.9 Å². The number of thiophene rings is 1. The number of aromatic nitrogens is 3. The van der Waals surface area contributed by atoms with E-state index in [0.717, 1.165) is 30.4 Å². The Kier molecular flexibility index (Phi) is 7.14. The minimum atomic E-state index is 0.598. The molecule has 5 rings (SSSR count). The van der Waals surface area contributed by atoms with E-state index >= 15 is 0 Å². The molecule has 3 aromatic rings. The van der Waals surface area contributed by atoms with E-state index in [2.05, 4.69) is 48.3 Å². The average molecular weight is 483 g/mol. The van der Waals surface area contributed by atoms with Crippen molar-refractivity contribution in [2.24, 2.45) is 5.92 Å². The monoisotopic (exact) mass is 482 g/mol. The molecule has 2 aliphatic heterocycles. The fourth-order valence-corrected chi connectivity index (χ4v) is 7.19. The number of nitrogen functional groups attached to an aromatic ring is 1. The molecular formula is C27H42N6S. The number of likely N-dealkylation sites (tertiary alicyclic amines) is 2. The van der Waals surface area contributed by atoms with Gasteiger partial charge in [-0.05, 0) is 97.1 Å². The van der Waals surface area contributed by atoms with Crippen molar-refractivity contribution in [3.8, 4) is 0 Å². The molecule has 0 atom stereocenters. The summed E-state index contributed by atoms with van der Waals surface area (Å²) >= 11 is 1.96. The Labute approximate surface area is 208 Å². The first-order chi connectivity index (χ1) is 16.4. The SMILES string of the molecule is CCCCc1nc2c(N)nc3cc(C4CCN(C)CC4)sc3c2n1CC1CCN(C(C)C)CC1. The molecule has 2 N–H and O–H groups in total. The highest BCUT2D eigenvalue weighted by Gasteiger charge is 2.26. The number of pyridine rings is 1. The van der Waals surface area contributed by atoms with Crippen LogP contribution in [0.4, 0.5) is 5.82 Å². The number of unbranched alkanes of at least 4 members (excludes halogenated alkanes) is 1. The van der Waals surface area contributed by atoms with Crippen molar-refractivity contribution in [3.63, 3.8) is 0 Å². The van der Waals surface area contributed by atoms with E-state index in [9.17, 15) is 0 Å². The van der Waals surface area contributed by atoms with Crippen LogP contribution in [0.15, 0.2) is 6.07 Å². The van der Waals surface area contributed by atoms with E-state index in [1.165, 1.54) is 79.2 Å². The van der Waals surface area contributed by atoms with Gasteiger partial charge < -0.3 is 20.1 Å². The predicted octanol–water partition coefficient (Wildman–Crippen LogP) is 5.50. The topological polar surface area (TPSA) is 63.2 Å². The minimum Gasteiger partial charge on any atom is -0.382 e. The summed E-state index contributed by atoms with van der Waals surface area (Å²) in [6.07, 6.45) is 8.36. The molecule has 34 heavy (non-hydrogen) atoms. The lowest BCUT2D eigenvalue weighted by Crippen LogP contribution is -2.39. The molecule has 0 amide bonds. The maximum atomic E-state index is 6.53. The molecule has 2 fully saturated rings. The van der Waals surface area contributed by atoms with Crippen molar-refractivity contribution in [1.82, 2.24) is 24.3 Å². The third kappa shape index (κ3) is 4.71. The number of fused-ring (bicyclic) bond motifs is 3. The van der Waals surface area contributed by atoms with Crippen LogP contribution in [0.5, 0.6) is 0 Å². The summed E-state index contributed by atoms with van der Waals surface area (Å²) in [4.78, 5) is 16.5. The van der Waals surface area contributed by atoms with E-state index in [4.69, 9.17) is 15.7 Å². The van der Waals surface area contributed by atoms with E-state index in [1.54, 1.807) is 0 Å². The van der Waals surface area contributed by atoms with Gasteiger partial charge in [-0.25, -0.2) is 9.97 Å².